The monoisotopic (exact) mass is 281 g/mol. The third-order valence-corrected chi connectivity index (χ3v) is 6.05. The Morgan fingerprint density at radius 3 is 2.76 bits per heavy atom. The van der Waals surface area contributed by atoms with Crippen LogP contribution in [0.2, 0.25) is 0 Å². The number of hydrogen-bond donors (Lipinski definition) is 1. The van der Waals surface area contributed by atoms with Gasteiger partial charge in [0.25, 0.3) is 0 Å². The Labute approximate surface area is 125 Å². The van der Waals surface area contributed by atoms with Crippen molar-refractivity contribution in [3.63, 3.8) is 0 Å². The first-order chi connectivity index (χ1) is 10.3. The molecule has 0 spiro atoms. The molecule has 0 aliphatic heterocycles. The number of benzene rings is 1. The van der Waals surface area contributed by atoms with E-state index in [9.17, 15) is 0 Å². The minimum Gasteiger partial charge on any atom is -0.399 e. The summed E-state index contributed by atoms with van der Waals surface area (Å²) in [6, 6.07) is 6.24. The minimum absolute atomic E-state index is 0.706. The molecule has 3 fully saturated rings. The first kappa shape index (κ1) is 12.1. The summed E-state index contributed by atoms with van der Waals surface area (Å²) in [6.07, 6.45) is 8.52. The summed E-state index contributed by atoms with van der Waals surface area (Å²) in [7, 11) is 0. The van der Waals surface area contributed by atoms with Crippen LogP contribution in [0, 0.1) is 17.8 Å². The average molecular weight is 281 g/mol. The van der Waals surface area contributed by atoms with Gasteiger partial charge < -0.3 is 10.3 Å². The minimum atomic E-state index is 0.706. The Morgan fingerprint density at radius 1 is 1.14 bits per heavy atom. The topological polar surface area (TPSA) is 43.8 Å². The van der Waals surface area contributed by atoms with Crippen molar-refractivity contribution in [3.05, 3.63) is 24.0 Å². The van der Waals surface area contributed by atoms with Crippen LogP contribution in [0.3, 0.4) is 0 Å². The Hall–Kier alpha value is -1.51. The first-order valence-corrected chi connectivity index (χ1v) is 8.53. The number of anilines is 1. The van der Waals surface area contributed by atoms with Gasteiger partial charge >= 0.3 is 0 Å². The van der Waals surface area contributed by atoms with E-state index in [0.29, 0.717) is 5.92 Å². The van der Waals surface area contributed by atoms with Gasteiger partial charge in [-0.1, -0.05) is 6.42 Å². The van der Waals surface area contributed by atoms with E-state index in [0.717, 1.165) is 29.0 Å². The number of hydrogen-bond acceptors (Lipinski definition) is 2. The largest absolute Gasteiger partial charge is 0.399 e. The zero-order chi connectivity index (χ0) is 14.0. The van der Waals surface area contributed by atoms with E-state index in [-0.39, 0.29) is 0 Å². The van der Waals surface area contributed by atoms with Crippen molar-refractivity contribution >= 4 is 16.7 Å². The molecule has 3 aliphatic rings. The number of nitrogen functional groups attached to an aromatic ring is 1. The fourth-order valence-corrected chi connectivity index (χ4v) is 4.85. The van der Waals surface area contributed by atoms with Crippen molar-refractivity contribution in [1.82, 2.24) is 9.55 Å². The summed E-state index contributed by atoms with van der Waals surface area (Å²) in [5.74, 6) is 4.93. The predicted octanol–water partition coefficient (Wildman–Crippen LogP) is 3.93. The second-order valence-corrected chi connectivity index (χ2v) is 7.54. The molecule has 3 nitrogen and oxygen atoms in total. The maximum atomic E-state index is 5.94. The summed E-state index contributed by atoms with van der Waals surface area (Å²) >= 11 is 0. The van der Waals surface area contributed by atoms with Gasteiger partial charge in [0.2, 0.25) is 0 Å². The fraction of sp³-hybridized carbons (Fsp3) is 0.611. The molecule has 5 rings (SSSR count). The summed E-state index contributed by atoms with van der Waals surface area (Å²) in [5, 5.41) is 0. The van der Waals surface area contributed by atoms with Gasteiger partial charge in [-0.05, 0) is 68.1 Å². The molecule has 3 aliphatic carbocycles. The van der Waals surface area contributed by atoms with Gasteiger partial charge in [-0.3, -0.25) is 0 Å². The van der Waals surface area contributed by atoms with Gasteiger partial charge in [0.15, 0.2) is 0 Å². The van der Waals surface area contributed by atoms with Gasteiger partial charge in [-0.25, -0.2) is 4.98 Å². The SMILES string of the molecule is Nc1ccc2c(c1)nc(C1CC1)n2CC1CC2CCC1C2. The van der Waals surface area contributed by atoms with E-state index in [1.165, 1.54) is 56.4 Å². The molecule has 3 atom stereocenters. The zero-order valence-electron chi connectivity index (χ0n) is 12.5. The molecule has 2 N–H and O–H groups in total. The van der Waals surface area contributed by atoms with Crippen LogP contribution in [-0.4, -0.2) is 9.55 Å². The summed E-state index contributed by atoms with van der Waals surface area (Å²) in [6.45, 7) is 1.19. The van der Waals surface area contributed by atoms with E-state index < -0.39 is 0 Å². The molecular formula is C18H23N3. The molecule has 2 aromatic rings. The van der Waals surface area contributed by atoms with Crippen molar-refractivity contribution < 1.29 is 0 Å². The number of aromatic nitrogens is 2. The normalized spacial score (nSPS) is 31.3. The molecule has 0 saturated heterocycles. The summed E-state index contributed by atoms with van der Waals surface area (Å²) < 4.78 is 2.54. The second-order valence-electron chi connectivity index (χ2n) is 7.54. The van der Waals surface area contributed by atoms with Gasteiger partial charge in [0.1, 0.15) is 5.82 Å². The highest BCUT2D eigenvalue weighted by atomic mass is 15.1. The van der Waals surface area contributed by atoms with E-state index in [1.807, 2.05) is 12.1 Å². The maximum Gasteiger partial charge on any atom is 0.113 e. The molecule has 2 bridgehead atoms. The van der Waals surface area contributed by atoms with Crippen LogP contribution in [0.5, 0.6) is 0 Å². The smallest absolute Gasteiger partial charge is 0.113 e. The van der Waals surface area contributed by atoms with Crippen molar-refractivity contribution in [2.24, 2.45) is 17.8 Å². The Balaban J connectivity index is 1.55. The molecule has 1 aromatic heterocycles. The van der Waals surface area contributed by atoms with E-state index in [4.69, 9.17) is 10.7 Å². The summed E-state index contributed by atoms with van der Waals surface area (Å²) in [5.41, 5.74) is 9.16. The lowest BCUT2D eigenvalue weighted by atomic mass is 9.88. The van der Waals surface area contributed by atoms with Crippen molar-refractivity contribution in [3.8, 4) is 0 Å². The van der Waals surface area contributed by atoms with Crippen LogP contribution < -0.4 is 5.73 Å². The van der Waals surface area contributed by atoms with Crippen LogP contribution in [0.1, 0.15) is 50.3 Å². The molecule has 0 radical (unpaired) electrons. The van der Waals surface area contributed by atoms with Crippen LogP contribution >= 0.6 is 0 Å². The van der Waals surface area contributed by atoms with Gasteiger partial charge in [0.05, 0.1) is 11.0 Å². The summed E-state index contributed by atoms with van der Waals surface area (Å²) in [4.78, 5) is 4.92. The number of imidazole rings is 1. The van der Waals surface area contributed by atoms with Crippen LogP contribution in [0.15, 0.2) is 18.2 Å². The second kappa shape index (κ2) is 4.25. The van der Waals surface area contributed by atoms with Crippen LogP contribution in [0.25, 0.3) is 11.0 Å². The highest BCUT2D eigenvalue weighted by Crippen LogP contribution is 2.50. The number of nitrogens with zero attached hydrogens (tertiary/aromatic N) is 2. The van der Waals surface area contributed by atoms with Gasteiger partial charge in [0, 0.05) is 18.2 Å². The van der Waals surface area contributed by atoms with E-state index >= 15 is 0 Å². The number of nitrogens with two attached hydrogens (primary N) is 1. The Bertz CT molecular complexity index is 698. The molecule has 0 amide bonds. The third-order valence-electron chi connectivity index (χ3n) is 6.05. The van der Waals surface area contributed by atoms with Gasteiger partial charge in [-0.2, -0.15) is 0 Å². The molecule has 110 valence electrons. The van der Waals surface area contributed by atoms with E-state index in [1.54, 1.807) is 0 Å². The van der Waals surface area contributed by atoms with Crippen molar-refractivity contribution in [2.75, 3.05) is 5.73 Å². The lowest BCUT2D eigenvalue weighted by Gasteiger charge is -2.23. The first-order valence-electron chi connectivity index (χ1n) is 8.53. The molecule has 21 heavy (non-hydrogen) atoms. The fourth-order valence-electron chi connectivity index (χ4n) is 4.85. The number of rotatable bonds is 3. The van der Waals surface area contributed by atoms with Crippen LogP contribution in [-0.2, 0) is 6.54 Å². The molecule has 3 saturated carbocycles. The maximum absolute atomic E-state index is 5.94. The molecular weight excluding hydrogens is 258 g/mol. The Morgan fingerprint density at radius 2 is 2.05 bits per heavy atom. The highest BCUT2D eigenvalue weighted by Gasteiger charge is 2.40. The third kappa shape index (κ3) is 1.90. The molecule has 1 aromatic carbocycles. The number of fused-ring (bicyclic) bond motifs is 3. The lowest BCUT2D eigenvalue weighted by Crippen LogP contribution is -2.18. The average Bonchev–Trinajstić information content (AvgIpc) is 2.96. The van der Waals surface area contributed by atoms with E-state index in [2.05, 4.69) is 10.6 Å². The lowest BCUT2D eigenvalue weighted by molar-refractivity contribution is 0.295. The predicted molar refractivity (Wildman–Crippen MR) is 85.1 cm³/mol. The quantitative estimate of drug-likeness (QED) is 0.866. The Kier molecular flexibility index (Phi) is 2.44. The van der Waals surface area contributed by atoms with Gasteiger partial charge in [-0.15, -0.1) is 0 Å². The molecule has 3 heteroatoms. The molecule has 3 unspecified atom stereocenters. The van der Waals surface area contributed by atoms with Crippen molar-refractivity contribution in [2.45, 2.75) is 51.0 Å². The van der Waals surface area contributed by atoms with Crippen LogP contribution in [0.4, 0.5) is 5.69 Å². The zero-order valence-corrected chi connectivity index (χ0v) is 12.5. The van der Waals surface area contributed by atoms with Crippen molar-refractivity contribution in [1.29, 1.82) is 0 Å². The standard InChI is InChI=1S/C18H23N3/c19-15-5-6-17-16(9-15)20-18(12-3-4-12)21(17)10-14-8-11-1-2-13(14)7-11/h5-6,9,11-14H,1-4,7-8,10,19H2. The highest BCUT2D eigenvalue weighted by molar-refractivity contribution is 5.79. The molecule has 1 heterocycles.